The minimum atomic E-state index is -0.511. The summed E-state index contributed by atoms with van der Waals surface area (Å²) >= 11 is 2.89. The Morgan fingerprint density at radius 2 is 2.05 bits per heavy atom. The van der Waals surface area contributed by atoms with E-state index in [-0.39, 0.29) is 18.5 Å². The second-order valence-electron chi connectivity index (χ2n) is 4.78. The molecule has 0 radical (unpaired) electrons. The lowest BCUT2D eigenvalue weighted by Gasteiger charge is -2.10. The van der Waals surface area contributed by atoms with Crippen molar-refractivity contribution >= 4 is 35.0 Å². The smallest absolute Gasteiger partial charge is 0.325 e. The molecule has 1 aromatic heterocycles. The molecule has 1 fully saturated rings. The first-order valence-corrected chi connectivity index (χ1v) is 8.73. The standard InChI is InChI=1S/C14H14N4O2S2/c1-21-14-17-16-11(22-14)8-18-12(19)10(15-13(18)20)7-9-5-3-2-4-6-9/h2-6,10H,7-8H2,1H3,(H,15,20)/t10-/m0/s1. The van der Waals surface area contributed by atoms with Crippen molar-refractivity contribution in [3.05, 3.63) is 40.9 Å². The van der Waals surface area contributed by atoms with Crippen molar-refractivity contribution < 1.29 is 9.59 Å². The minimum absolute atomic E-state index is 0.175. The molecule has 0 aliphatic carbocycles. The number of carbonyl (C=O) groups excluding carboxylic acids is 2. The molecule has 0 unspecified atom stereocenters. The van der Waals surface area contributed by atoms with Crippen molar-refractivity contribution in [1.82, 2.24) is 20.4 Å². The highest BCUT2D eigenvalue weighted by Gasteiger charge is 2.38. The number of carbonyl (C=O) groups is 2. The third-order valence-corrected chi connectivity index (χ3v) is 5.19. The van der Waals surface area contributed by atoms with Gasteiger partial charge in [-0.25, -0.2) is 4.79 Å². The normalized spacial score (nSPS) is 17.9. The summed E-state index contributed by atoms with van der Waals surface area (Å²) in [5.74, 6) is -0.213. The molecule has 1 aromatic carbocycles. The molecule has 8 heteroatoms. The molecule has 22 heavy (non-hydrogen) atoms. The van der Waals surface area contributed by atoms with Gasteiger partial charge in [0.2, 0.25) is 0 Å². The van der Waals surface area contributed by atoms with Crippen LogP contribution in [-0.4, -0.2) is 39.3 Å². The van der Waals surface area contributed by atoms with E-state index in [2.05, 4.69) is 15.5 Å². The summed E-state index contributed by atoms with van der Waals surface area (Å²) in [6.45, 7) is 0.175. The topological polar surface area (TPSA) is 75.2 Å². The van der Waals surface area contributed by atoms with Crippen molar-refractivity contribution in [3.8, 4) is 0 Å². The number of thioether (sulfide) groups is 1. The molecule has 1 N–H and O–H groups in total. The SMILES string of the molecule is CSc1nnc(CN2C(=O)N[C@@H](Cc3ccccc3)C2=O)s1. The lowest BCUT2D eigenvalue weighted by Crippen LogP contribution is -2.32. The first kappa shape index (κ1) is 15.0. The van der Waals surface area contributed by atoms with Gasteiger partial charge < -0.3 is 5.32 Å². The number of benzene rings is 1. The van der Waals surface area contributed by atoms with Gasteiger partial charge in [0.05, 0.1) is 6.54 Å². The molecule has 0 spiro atoms. The number of imide groups is 1. The first-order valence-electron chi connectivity index (χ1n) is 6.69. The van der Waals surface area contributed by atoms with Gasteiger partial charge in [-0.2, -0.15) is 0 Å². The summed E-state index contributed by atoms with van der Waals surface area (Å²) in [7, 11) is 0. The van der Waals surface area contributed by atoms with E-state index in [0.29, 0.717) is 11.4 Å². The van der Waals surface area contributed by atoms with Crippen LogP contribution in [0.1, 0.15) is 10.6 Å². The summed E-state index contributed by atoms with van der Waals surface area (Å²) in [4.78, 5) is 25.6. The fourth-order valence-electron chi connectivity index (χ4n) is 2.23. The van der Waals surface area contributed by atoms with E-state index in [9.17, 15) is 9.59 Å². The number of urea groups is 1. The molecular weight excluding hydrogens is 320 g/mol. The maximum absolute atomic E-state index is 12.4. The highest BCUT2D eigenvalue weighted by Crippen LogP contribution is 2.22. The average molecular weight is 334 g/mol. The van der Waals surface area contributed by atoms with Gasteiger partial charge in [0.1, 0.15) is 11.0 Å². The predicted octanol–water partition coefficient (Wildman–Crippen LogP) is 1.92. The van der Waals surface area contributed by atoms with E-state index in [1.165, 1.54) is 28.0 Å². The van der Waals surface area contributed by atoms with Crippen molar-refractivity contribution in [3.63, 3.8) is 0 Å². The maximum atomic E-state index is 12.4. The molecule has 1 atom stereocenters. The van der Waals surface area contributed by atoms with Crippen LogP contribution in [0.15, 0.2) is 34.7 Å². The largest absolute Gasteiger partial charge is 0.325 e. The Labute approximate surface area is 135 Å². The minimum Gasteiger partial charge on any atom is -0.325 e. The van der Waals surface area contributed by atoms with E-state index in [4.69, 9.17) is 0 Å². The van der Waals surface area contributed by atoms with Gasteiger partial charge >= 0.3 is 6.03 Å². The van der Waals surface area contributed by atoms with E-state index in [0.717, 1.165) is 9.90 Å². The Morgan fingerprint density at radius 3 is 2.73 bits per heavy atom. The van der Waals surface area contributed by atoms with Crippen LogP contribution in [0.3, 0.4) is 0 Å². The van der Waals surface area contributed by atoms with E-state index >= 15 is 0 Å². The maximum Gasteiger partial charge on any atom is 0.325 e. The van der Waals surface area contributed by atoms with Crippen LogP contribution in [0.2, 0.25) is 0 Å². The fourth-order valence-corrected chi connectivity index (χ4v) is 3.54. The fraction of sp³-hybridized carbons (Fsp3) is 0.286. The summed E-state index contributed by atoms with van der Waals surface area (Å²) in [5, 5.41) is 11.4. The molecule has 114 valence electrons. The molecule has 1 aliphatic rings. The summed E-state index contributed by atoms with van der Waals surface area (Å²) in [5.41, 5.74) is 1.02. The number of nitrogens with zero attached hydrogens (tertiary/aromatic N) is 3. The van der Waals surface area contributed by atoms with Gasteiger partial charge in [-0.05, 0) is 11.8 Å². The Kier molecular flexibility index (Phi) is 4.39. The van der Waals surface area contributed by atoms with Crippen molar-refractivity contribution in [2.24, 2.45) is 0 Å². The Hall–Kier alpha value is -1.93. The lowest BCUT2D eigenvalue weighted by molar-refractivity contribution is -0.127. The van der Waals surface area contributed by atoms with Crippen molar-refractivity contribution in [1.29, 1.82) is 0 Å². The first-order chi connectivity index (χ1) is 10.7. The molecule has 0 bridgehead atoms. The zero-order valence-corrected chi connectivity index (χ0v) is 13.5. The quantitative estimate of drug-likeness (QED) is 0.668. The number of rotatable bonds is 5. The number of nitrogens with one attached hydrogen (secondary N) is 1. The van der Waals surface area contributed by atoms with Gasteiger partial charge in [0, 0.05) is 6.42 Å². The van der Waals surface area contributed by atoms with E-state index < -0.39 is 6.04 Å². The summed E-state index contributed by atoms with van der Waals surface area (Å²) in [6.07, 6.45) is 2.40. The van der Waals surface area contributed by atoms with Crippen LogP contribution in [0.4, 0.5) is 4.79 Å². The Balaban J connectivity index is 1.68. The third kappa shape index (κ3) is 3.12. The Morgan fingerprint density at radius 1 is 1.27 bits per heavy atom. The molecule has 0 saturated carbocycles. The van der Waals surface area contributed by atoms with E-state index in [1.807, 2.05) is 36.6 Å². The molecule has 1 saturated heterocycles. The van der Waals surface area contributed by atoms with Crippen LogP contribution < -0.4 is 5.32 Å². The number of hydrogen-bond donors (Lipinski definition) is 1. The monoisotopic (exact) mass is 334 g/mol. The van der Waals surface area contributed by atoms with Crippen LogP contribution in [-0.2, 0) is 17.8 Å². The zero-order valence-electron chi connectivity index (χ0n) is 11.9. The summed E-state index contributed by atoms with van der Waals surface area (Å²) in [6, 6.07) is 8.76. The molecule has 1 aliphatic heterocycles. The zero-order chi connectivity index (χ0) is 15.5. The molecule has 2 aromatic rings. The summed E-state index contributed by atoms with van der Waals surface area (Å²) < 4.78 is 0.822. The van der Waals surface area contributed by atoms with Crippen molar-refractivity contribution in [2.45, 2.75) is 23.3 Å². The molecule has 3 amide bonds. The van der Waals surface area contributed by atoms with Crippen LogP contribution in [0, 0.1) is 0 Å². The third-order valence-electron chi connectivity index (χ3n) is 3.31. The highest BCUT2D eigenvalue weighted by molar-refractivity contribution is 8.00. The predicted molar refractivity (Wildman–Crippen MR) is 84.7 cm³/mol. The number of hydrogen-bond acceptors (Lipinski definition) is 6. The van der Waals surface area contributed by atoms with Crippen LogP contribution >= 0.6 is 23.1 Å². The average Bonchev–Trinajstić information content (AvgIpc) is 3.09. The van der Waals surface area contributed by atoms with Crippen molar-refractivity contribution in [2.75, 3.05) is 6.26 Å². The lowest BCUT2D eigenvalue weighted by atomic mass is 10.1. The highest BCUT2D eigenvalue weighted by atomic mass is 32.2. The van der Waals surface area contributed by atoms with Crippen LogP contribution in [0.5, 0.6) is 0 Å². The van der Waals surface area contributed by atoms with Gasteiger partial charge in [0.25, 0.3) is 5.91 Å². The van der Waals surface area contributed by atoms with Gasteiger partial charge in [-0.3, -0.25) is 9.69 Å². The number of amides is 3. The molecule has 3 rings (SSSR count). The van der Waals surface area contributed by atoms with E-state index in [1.54, 1.807) is 0 Å². The molecule has 6 nitrogen and oxygen atoms in total. The van der Waals surface area contributed by atoms with Gasteiger partial charge in [-0.1, -0.05) is 53.4 Å². The van der Waals surface area contributed by atoms with Gasteiger partial charge in [0.15, 0.2) is 4.34 Å². The molecular formula is C14H14N4O2S2. The molecule has 2 heterocycles. The Bertz CT molecular complexity index is 689. The number of aromatic nitrogens is 2. The van der Waals surface area contributed by atoms with Crippen LogP contribution in [0.25, 0.3) is 0 Å². The second-order valence-corrected chi connectivity index (χ2v) is 6.90. The second kappa shape index (κ2) is 6.45. The van der Waals surface area contributed by atoms with Gasteiger partial charge in [-0.15, -0.1) is 10.2 Å².